The summed E-state index contributed by atoms with van der Waals surface area (Å²) in [5.74, 6) is -0.828. The average molecular weight is 803 g/mol. The number of carbonyl (C=O) groups excluding carboxylic acids is 3. The molecule has 0 bridgehead atoms. The van der Waals surface area contributed by atoms with Crippen molar-refractivity contribution in [2.75, 3.05) is 49.2 Å². The topological polar surface area (TPSA) is 173 Å². The Morgan fingerprint density at radius 3 is 2.19 bits per heavy atom. The van der Waals surface area contributed by atoms with Gasteiger partial charge in [0.25, 0.3) is 21.9 Å². The normalized spacial score (nSPS) is 20.8. The van der Waals surface area contributed by atoms with Crippen LogP contribution in [0.5, 0.6) is 23.0 Å². The molecule has 0 saturated heterocycles. The molecule has 0 radical (unpaired) electrons. The van der Waals surface area contributed by atoms with Crippen molar-refractivity contribution >= 4 is 66.7 Å². The average Bonchev–Trinajstić information content (AvgIpc) is 3.44. The van der Waals surface area contributed by atoms with Crippen LogP contribution >= 0.6 is 21.6 Å². The molecule has 0 saturated carbocycles. The van der Waals surface area contributed by atoms with Gasteiger partial charge in [-0.15, -0.1) is 0 Å². The molecular weight excluding hydrogens is 761 g/mol. The molecule has 3 heterocycles. The van der Waals surface area contributed by atoms with Crippen molar-refractivity contribution in [2.24, 2.45) is 0 Å². The number of hydrogen-bond donors (Lipinski definition) is 2. The zero-order valence-corrected chi connectivity index (χ0v) is 33.4. The van der Waals surface area contributed by atoms with Crippen LogP contribution in [0.2, 0.25) is 0 Å². The highest BCUT2D eigenvalue weighted by Gasteiger charge is 2.47. The first-order valence-electron chi connectivity index (χ1n) is 16.9. The van der Waals surface area contributed by atoms with E-state index in [4.69, 9.17) is 24.0 Å². The number of rotatable bonds is 10. The molecule has 3 aliphatic rings. The zero-order valence-electron chi connectivity index (χ0n) is 30.9. The smallest absolute Gasteiger partial charge is 0.414 e. The van der Waals surface area contributed by atoms with E-state index >= 15 is 0 Å². The number of para-hydroxylation sites is 1. The van der Waals surface area contributed by atoms with E-state index in [1.54, 1.807) is 57.8 Å². The molecule has 3 aliphatic heterocycles. The summed E-state index contributed by atoms with van der Waals surface area (Å²) in [5.41, 5.74) is 1.75. The van der Waals surface area contributed by atoms with Crippen LogP contribution in [0.15, 0.2) is 48.5 Å². The lowest BCUT2D eigenvalue weighted by Gasteiger charge is -2.34. The Labute approximate surface area is 321 Å². The molecule has 3 amide bonds. The first kappa shape index (κ1) is 39.2. The molecule has 0 spiro atoms. The van der Waals surface area contributed by atoms with Crippen LogP contribution in [-0.4, -0.2) is 98.2 Å². The fourth-order valence-electron chi connectivity index (χ4n) is 6.84. The number of ether oxygens (including phenoxy) is 3. The van der Waals surface area contributed by atoms with E-state index in [0.29, 0.717) is 5.69 Å². The Morgan fingerprint density at radius 2 is 1.56 bits per heavy atom. The van der Waals surface area contributed by atoms with Crippen LogP contribution in [0.1, 0.15) is 54.0 Å². The standard InChI is InChI=1S/C36H42N4O11S3/c1-19-20(2)39(35(43)49-18-36(3,4)53-52-8)26-17-31(29(48-7)15-23(26)33(41)38(19)5)51-50-30-16-24-22(14-28(30)47-6)34(42)40-25-12-10-9-11-21(25)13-27(40)32(37-24)54(44,45)46/h9-12,14-17,19-20,27,32,37H,13,18H2,1-8H3,(H,44,45,46)/t19?,20?,27-,32?/m0/s1. The third kappa shape index (κ3) is 7.19. The molecule has 3 aromatic rings. The maximum atomic E-state index is 14.1. The summed E-state index contributed by atoms with van der Waals surface area (Å²) < 4.78 is 52.4. The third-order valence-corrected chi connectivity index (χ3v) is 13.5. The van der Waals surface area contributed by atoms with Gasteiger partial charge in [0.05, 0.1) is 53.6 Å². The SMILES string of the molecule is COc1cc2c(cc1OOc1cc3c(cc1OC)C(=O)N(C)C(C)C(C)N3C(=O)OCC(C)(C)SSC)NC(S(=O)(=O)O)[C@@H]1Cc3ccccc3N1C2=O. The highest BCUT2D eigenvalue weighted by molar-refractivity contribution is 8.77. The fourth-order valence-corrected chi connectivity index (χ4v) is 9.78. The number of anilines is 3. The minimum absolute atomic E-state index is 0.0291. The Kier molecular flexibility index (Phi) is 10.9. The van der Waals surface area contributed by atoms with Crippen molar-refractivity contribution in [3.8, 4) is 23.0 Å². The number of likely N-dealkylation sites (N-methyl/N-ethyl adjacent to an activating group) is 1. The zero-order chi connectivity index (χ0) is 39.3. The fraction of sp³-hybridized carbons (Fsp3) is 0.417. The van der Waals surface area contributed by atoms with E-state index < -0.39 is 45.6 Å². The van der Waals surface area contributed by atoms with Gasteiger partial charge in [0, 0.05) is 30.9 Å². The van der Waals surface area contributed by atoms with Gasteiger partial charge in [-0.3, -0.25) is 28.8 Å². The maximum absolute atomic E-state index is 14.1. The molecule has 0 aromatic heterocycles. The molecule has 18 heteroatoms. The van der Waals surface area contributed by atoms with Crippen LogP contribution < -0.4 is 34.4 Å². The number of carbonyl (C=O) groups is 3. The molecule has 0 aliphatic carbocycles. The first-order chi connectivity index (χ1) is 25.5. The monoisotopic (exact) mass is 802 g/mol. The van der Waals surface area contributed by atoms with Gasteiger partial charge in [0.15, 0.2) is 16.9 Å². The minimum atomic E-state index is -4.74. The van der Waals surface area contributed by atoms with Crippen LogP contribution in [0, 0.1) is 0 Å². The van der Waals surface area contributed by atoms with Gasteiger partial charge in [0.1, 0.15) is 6.61 Å². The van der Waals surface area contributed by atoms with Crippen LogP contribution in [0.3, 0.4) is 0 Å². The van der Waals surface area contributed by atoms with Crippen molar-refractivity contribution < 1.29 is 51.3 Å². The lowest BCUT2D eigenvalue weighted by atomic mass is 10.1. The summed E-state index contributed by atoms with van der Waals surface area (Å²) in [5, 5.41) is 1.26. The van der Waals surface area contributed by atoms with E-state index in [9.17, 15) is 27.4 Å². The molecule has 54 heavy (non-hydrogen) atoms. The van der Waals surface area contributed by atoms with Crippen molar-refractivity contribution in [1.82, 2.24) is 4.90 Å². The molecule has 0 fully saturated rings. The number of hydrogen-bond acceptors (Lipinski definition) is 13. The summed E-state index contributed by atoms with van der Waals surface area (Å²) >= 11 is 0. The Hall–Kier alpha value is -4.52. The second kappa shape index (κ2) is 15.0. The van der Waals surface area contributed by atoms with Crippen LogP contribution in [0.4, 0.5) is 21.9 Å². The Bertz CT molecular complexity index is 2100. The number of fused-ring (bicyclic) bond motifs is 5. The van der Waals surface area contributed by atoms with E-state index in [1.807, 2.05) is 34.0 Å². The number of nitrogens with zero attached hydrogens (tertiary/aromatic N) is 3. The Balaban J connectivity index is 1.37. The van der Waals surface area contributed by atoms with Crippen molar-refractivity contribution in [3.63, 3.8) is 0 Å². The summed E-state index contributed by atoms with van der Waals surface area (Å²) in [6.45, 7) is 7.67. The van der Waals surface area contributed by atoms with Crippen LogP contribution in [0.25, 0.3) is 0 Å². The largest absolute Gasteiger partial charge is 0.493 e. The van der Waals surface area contributed by atoms with E-state index in [-0.39, 0.29) is 69.2 Å². The van der Waals surface area contributed by atoms with E-state index in [1.165, 1.54) is 48.3 Å². The molecule has 4 atom stereocenters. The lowest BCUT2D eigenvalue weighted by molar-refractivity contribution is -0.103. The Morgan fingerprint density at radius 1 is 0.926 bits per heavy atom. The number of methoxy groups -OCH3 is 2. The van der Waals surface area contributed by atoms with Gasteiger partial charge < -0.3 is 29.3 Å². The summed E-state index contributed by atoms with van der Waals surface area (Å²) in [7, 11) is 2.77. The van der Waals surface area contributed by atoms with Crippen molar-refractivity contribution in [1.29, 1.82) is 0 Å². The predicted molar refractivity (Wildman–Crippen MR) is 207 cm³/mol. The molecule has 3 aromatic carbocycles. The van der Waals surface area contributed by atoms with Gasteiger partial charge in [-0.05, 0) is 64.1 Å². The van der Waals surface area contributed by atoms with Crippen molar-refractivity contribution in [2.45, 2.75) is 62.4 Å². The minimum Gasteiger partial charge on any atom is -0.493 e. The third-order valence-electron chi connectivity index (χ3n) is 9.81. The highest BCUT2D eigenvalue weighted by Crippen LogP contribution is 2.44. The predicted octanol–water partition coefficient (Wildman–Crippen LogP) is 5.88. The van der Waals surface area contributed by atoms with Gasteiger partial charge >= 0.3 is 6.09 Å². The first-order valence-corrected chi connectivity index (χ1v) is 20.9. The number of benzene rings is 3. The highest BCUT2D eigenvalue weighted by atomic mass is 33.1. The van der Waals surface area contributed by atoms with Crippen LogP contribution in [-0.2, 0) is 21.3 Å². The number of amides is 3. The molecular formula is C36H42N4O11S3. The molecule has 290 valence electrons. The van der Waals surface area contributed by atoms with Gasteiger partial charge in [0.2, 0.25) is 11.5 Å². The van der Waals surface area contributed by atoms with Gasteiger partial charge in [-0.2, -0.15) is 8.42 Å². The van der Waals surface area contributed by atoms with Crippen molar-refractivity contribution in [3.05, 3.63) is 65.2 Å². The van der Waals surface area contributed by atoms with Gasteiger partial charge in [-0.25, -0.2) is 4.79 Å². The second-order valence-electron chi connectivity index (χ2n) is 13.7. The lowest BCUT2D eigenvalue weighted by Crippen LogP contribution is -2.49. The van der Waals surface area contributed by atoms with Gasteiger partial charge in [-0.1, -0.05) is 39.8 Å². The maximum Gasteiger partial charge on any atom is 0.414 e. The number of nitrogens with one attached hydrogen (secondary N) is 1. The second-order valence-corrected chi connectivity index (χ2v) is 18.4. The molecule has 6 rings (SSSR count). The quantitative estimate of drug-likeness (QED) is 0.108. The summed E-state index contributed by atoms with van der Waals surface area (Å²) in [6, 6.07) is 10.8. The molecule has 15 nitrogen and oxygen atoms in total. The van der Waals surface area contributed by atoms with E-state index in [0.717, 1.165) is 5.56 Å². The molecule has 3 unspecified atom stereocenters. The van der Waals surface area contributed by atoms with E-state index in [2.05, 4.69) is 5.32 Å². The summed E-state index contributed by atoms with van der Waals surface area (Å²) in [4.78, 5) is 57.6. The summed E-state index contributed by atoms with van der Waals surface area (Å²) in [6.07, 6.45) is 1.46. The molecule has 2 N–H and O–H groups in total.